The van der Waals surface area contributed by atoms with Crippen molar-refractivity contribution < 1.29 is 4.42 Å². The zero-order valence-electron chi connectivity index (χ0n) is 25.5. The summed E-state index contributed by atoms with van der Waals surface area (Å²) in [5.41, 5.74) is 13.0. The molecule has 9 rings (SSSR count). The first kappa shape index (κ1) is 26.1. The lowest BCUT2D eigenvalue weighted by atomic mass is 9.82. The Hall–Kier alpha value is -5.34. The number of furan rings is 1. The van der Waals surface area contributed by atoms with Gasteiger partial charge in [-0.2, -0.15) is 0 Å². The Labute approximate surface area is 263 Å². The third kappa shape index (κ3) is 3.88. The van der Waals surface area contributed by atoms with E-state index in [1.165, 1.54) is 55.2 Å². The van der Waals surface area contributed by atoms with Gasteiger partial charge in [0.05, 0.1) is 5.69 Å². The van der Waals surface area contributed by atoms with Crippen LogP contribution in [0.1, 0.15) is 43.4 Å². The van der Waals surface area contributed by atoms with E-state index in [-0.39, 0.29) is 5.41 Å². The smallest absolute Gasteiger partial charge is 0.159 e. The van der Waals surface area contributed by atoms with E-state index in [1.807, 2.05) is 0 Å². The maximum Gasteiger partial charge on any atom is 0.159 e. The zero-order valence-corrected chi connectivity index (χ0v) is 25.5. The van der Waals surface area contributed by atoms with Crippen LogP contribution in [0.2, 0.25) is 0 Å². The summed E-state index contributed by atoms with van der Waals surface area (Å²) < 4.78 is 6.82. The van der Waals surface area contributed by atoms with Crippen LogP contribution in [0.5, 0.6) is 0 Å². The molecule has 0 radical (unpaired) electrons. The number of fused-ring (bicyclic) bond motifs is 8. The number of hydrogen-bond donors (Lipinski definition) is 0. The first-order valence-electron chi connectivity index (χ1n) is 15.9. The van der Waals surface area contributed by atoms with Gasteiger partial charge in [-0.3, -0.25) is 0 Å². The van der Waals surface area contributed by atoms with Crippen LogP contribution in [0.4, 0.5) is 11.4 Å². The summed E-state index contributed by atoms with van der Waals surface area (Å²) in [5, 5.41) is 4.75. The summed E-state index contributed by atoms with van der Waals surface area (Å²) in [4.78, 5) is 2.44. The van der Waals surface area contributed by atoms with Crippen molar-refractivity contribution in [2.24, 2.45) is 0 Å². The van der Waals surface area contributed by atoms with Crippen LogP contribution in [0.3, 0.4) is 0 Å². The van der Waals surface area contributed by atoms with Gasteiger partial charge in [0, 0.05) is 33.1 Å². The molecule has 0 unspecified atom stereocenters. The Balaban J connectivity index is 1.32. The molecule has 1 aromatic heterocycles. The molecule has 0 fully saturated rings. The van der Waals surface area contributed by atoms with Crippen molar-refractivity contribution in [3.63, 3.8) is 0 Å². The molecule has 0 spiro atoms. The van der Waals surface area contributed by atoms with Crippen molar-refractivity contribution in [1.82, 2.24) is 0 Å². The van der Waals surface area contributed by atoms with Gasteiger partial charge in [-0.05, 0) is 75.7 Å². The SMILES string of the molecule is CC1(C)c2ccccc2-c2cc(N(C3=CCCC=C3c3ccccc3)c3cccc4c3oc3ccc5ccccc5c34)ccc21. The van der Waals surface area contributed by atoms with Crippen molar-refractivity contribution in [2.75, 3.05) is 4.90 Å². The van der Waals surface area contributed by atoms with Gasteiger partial charge in [-0.1, -0.05) is 129 Å². The minimum absolute atomic E-state index is 0.0473. The summed E-state index contributed by atoms with van der Waals surface area (Å²) >= 11 is 0. The Kier molecular flexibility index (Phi) is 5.70. The number of anilines is 2. The van der Waals surface area contributed by atoms with E-state index in [0.29, 0.717) is 0 Å². The van der Waals surface area contributed by atoms with Crippen molar-refractivity contribution in [1.29, 1.82) is 0 Å². The molecular formula is C43H33NO. The molecule has 6 aromatic carbocycles. The van der Waals surface area contributed by atoms with Crippen LogP contribution in [0.25, 0.3) is 49.4 Å². The molecule has 2 heteroatoms. The lowest BCUT2D eigenvalue weighted by Crippen LogP contribution is -2.20. The van der Waals surface area contributed by atoms with E-state index in [1.54, 1.807) is 0 Å². The van der Waals surface area contributed by atoms with Gasteiger partial charge in [-0.15, -0.1) is 0 Å². The number of nitrogens with zero attached hydrogens (tertiary/aromatic N) is 1. The molecule has 0 aliphatic heterocycles. The summed E-state index contributed by atoms with van der Waals surface area (Å²) in [6.07, 6.45) is 6.82. The Bertz CT molecular complexity index is 2350. The van der Waals surface area contributed by atoms with Crippen molar-refractivity contribution in [3.05, 3.63) is 162 Å². The number of benzene rings is 6. The van der Waals surface area contributed by atoms with Crippen LogP contribution in [-0.2, 0) is 5.41 Å². The van der Waals surface area contributed by atoms with Crippen LogP contribution >= 0.6 is 0 Å². The van der Waals surface area contributed by atoms with Gasteiger partial charge < -0.3 is 9.32 Å². The van der Waals surface area contributed by atoms with Gasteiger partial charge >= 0.3 is 0 Å². The van der Waals surface area contributed by atoms with Crippen molar-refractivity contribution >= 4 is 49.7 Å². The number of para-hydroxylation sites is 1. The summed E-state index contributed by atoms with van der Waals surface area (Å²) in [6.45, 7) is 4.68. The van der Waals surface area contributed by atoms with Crippen LogP contribution in [0.15, 0.2) is 150 Å². The first-order valence-corrected chi connectivity index (χ1v) is 15.9. The average Bonchev–Trinajstić information content (AvgIpc) is 3.59. The predicted octanol–water partition coefficient (Wildman–Crippen LogP) is 11.9. The third-order valence-electron chi connectivity index (χ3n) is 9.89. The molecule has 2 aliphatic rings. The molecule has 0 saturated carbocycles. The fourth-order valence-electron chi connectivity index (χ4n) is 7.74. The normalized spacial score (nSPS) is 15.2. The standard InChI is InChI=1S/C43H33NO/c1-43(2)36-20-10-8-18-33(36)35-27-30(24-25-37(35)43)44(38-21-11-9-16-31(38)28-13-4-3-5-14-28)39-22-12-19-34-41-32-17-7-6-15-29(32)23-26-40(41)45-42(34)39/h3-8,10,12-27H,9,11H2,1-2H3. The largest absolute Gasteiger partial charge is 0.454 e. The second-order valence-corrected chi connectivity index (χ2v) is 12.8. The lowest BCUT2D eigenvalue weighted by Gasteiger charge is -2.32. The van der Waals surface area contributed by atoms with Gasteiger partial charge in [0.1, 0.15) is 5.58 Å². The van der Waals surface area contributed by atoms with Crippen LogP contribution < -0.4 is 4.90 Å². The molecule has 0 saturated heterocycles. The van der Waals surface area contributed by atoms with E-state index in [4.69, 9.17) is 4.42 Å². The number of rotatable bonds is 4. The fourth-order valence-corrected chi connectivity index (χ4v) is 7.74. The molecule has 0 N–H and O–H groups in total. The maximum atomic E-state index is 6.82. The highest BCUT2D eigenvalue weighted by molar-refractivity contribution is 6.21. The summed E-state index contributed by atoms with van der Waals surface area (Å²) in [7, 11) is 0. The first-order chi connectivity index (χ1) is 22.1. The Morgan fingerprint density at radius 2 is 1.38 bits per heavy atom. The maximum absolute atomic E-state index is 6.82. The number of allylic oxidation sites excluding steroid dienone is 3. The van der Waals surface area contributed by atoms with Crippen molar-refractivity contribution in [2.45, 2.75) is 32.1 Å². The Morgan fingerprint density at radius 1 is 0.622 bits per heavy atom. The minimum Gasteiger partial charge on any atom is -0.454 e. The molecule has 45 heavy (non-hydrogen) atoms. The van der Waals surface area contributed by atoms with E-state index >= 15 is 0 Å². The topological polar surface area (TPSA) is 16.4 Å². The number of hydrogen-bond acceptors (Lipinski definition) is 2. The van der Waals surface area contributed by atoms with Crippen LogP contribution in [-0.4, -0.2) is 0 Å². The second kappa shape index (κ2) is 9.84. The second-order valence-electron chi connectivity index (χ2n) is 12.8. The monoisotopic (exact) mass is 579 g/mol. The summed E-state index contributed by atoms with van der Waals surface area (Å²) in [6, 6.07) is 46.2. The van der Waals surface area contributed by atoms with Gasteiger partial charge in [0.15, 0.2) is 5.58 Å². The van der Waals surface area contributed by atoms with Crippen LogP contribution in [0, 0.1) is 0 Å². The molecule has 0 amide bonds. The predicted molar refractivity (Wildman–Crippen MR) is 189 cm³/mol. The van der Waals surface area contributed by atoms with Gasteiger partial charge in [-0.25, -0.2) is 0 Å². The average molecular weight is 580 g/mol. The minimum atomic E-state index is -0.0473. The van der Waals surface area contributed by atoms with Crippen molar-refractivity contribution in [3.8, 4) is 11.1 Å². The van der Waals surface area contributed by atoms with E-state index in [2.05, 4.69) is 158 Å². The lowest BCUT2D eigenvalue weighted by molar-refractivity contribution is 0.660. The molecule has 2 nitrogen and oxygen atoms in total. The van der Waals surface area contributed by atoms with Gasteiger partial charge in [0.25, 0.3) is 0 Å². The Morgan fingerprint density at radius 3 is 2.29 bits per heavy atom. The molecule has 216 valence electrons. The van der Waals surface area contributed by atoms with E-state index < -0.39 is 0 Å². The van der Waals surface area contributed by atoms with E-state index in [0.717, 1.165) is 40.8 Å². The molecule has 0 atom stereocenters. The molecule has 1 heterocycles. The fraction of sp³-hybridized carbons (Fsp3) is 0.116. The quantitative estimate of drug-likeness (QED) is 0.206. The zero-order chi connectivity index (χ0) is 30.1. The summed E-state index contributed by atoms with van der Waals surface area (Å²) in [5.74, 6) is 0. The molecule has 7 aromatic rings. The van der Waals surface area contributed by atoms with Gasteiger partial charge in [0.2, 0.25) is 0 Å². The highest BCUT2D eigenvalue weighted by atomic mass is 16.3. The third-order valence-corrected chi connectivity index (χ3v) is 9.89. The highest BCUT2D eigenvalue weighted by Gasteiger charge is 2.36. The highest BCUT2D eigenvalue weighted by Crippen LogP contribution is 2.51. The van der Waals surface area contributed by atoms with E-state index in [9.17, 15) is 0 Å². The molecule has 0 bridgehead atoms. The molecular weight excluding hydrogens is 546 g/mol. The molecule has 2 aliphatic carbocycles.